The maximum atomic E-state index is 13.2. The fourth-order valence-corrected chi connectivity index (χ4v) is 3.24. The lowest BCUT2D eigenvalue weighted by Gasteiger charge is -2.34. The Balaban J connectivity index is 2.02. The summed E-state index contributed by atoms with van der Waals surface area (Å²) in [6, 6.07) is 5.80. The van der Waals surface area contributed by atoms with Crippen molar-refractivity contribution in [1.82, 2.24) is 14.8 Å². The summed E-state index contributed by atoms with van der Waals surface area (Å²) < 4.78 is 19.1. The Kier molecular flexibility index (Phi) is 5.76. The van der Waals surface area contributed by atoms with Crippen LogP contribution in [-0.4, -0.2) is 53.5 Å². The molecule has 2 amide bonds. The van der Waals surface area contributed by atoms with Crippen molar-refractivity contribution in [2.45, 2.75) is 19.4 Å². The van der Waals surface area contributed by atoms with E-state index in [1.807, 2.05) is 0 Å². The molecule has 1 aromatic heterocycles. The van der Waals surface area contributed by atoms with Crippen LogP contribution in [0.1, 0.15) is 22.3 Å². The molecule has 1 atom stereocenters. The maximum Gasteiger partial charge on any atom is 0.308 e. The number of halogens is 1. The molecule has 1 aromatic carbocycles. The standard InChI is InChI=1S/C20H20FN3O5/c1-12-7-9-23(14-5-3-13(21)4-6-14)19(27)17(12)20(28)24-10-8-22-18(26)15(24)11-16(25)29-2/h3-7,9,15H,8,10-11H2,1-2H3,(H,22,26). The van der Waals surface area contributed by atoms with E-state index in [1.54, 1.807) is 13.0 Å². The number of aryl methyl sites for hydroxylation is 1. The number of ether oxygens (including phenoxy) is 1. The van der Waals surface area contributed by atoms with Crippen molar-refractivity contribution in [2.75, 3.05) is 20.2 Å². The van der Waals surface area contributed by atoms with Gasteiger partial charge in [-0.15, -0.1) is 0 Å². The molecule has 152 valence electrons. The molecule has 1 unspecified atom stereocenters. The van der Waals surface area contributed by atoms with Gasteiger partial charge in [0.25, 0.3) is 11.5 Å². The fourth-order valence-electron chi connectivity index (χ4n) is 3.24. The maximum absolute atomic E-state index is 13.2. The number of aromatic nitrogens is 1. The zero-order valence-electron chi connectivity index (χ0n) is 16.0. The van der Waals surface area contributed by atoms with E-state index >= 15 is 0 Å². The second-order valence-corrected chi connectivity index (χ2v) is 6.61. The molecular weight excluding hydrogens is 381 g/mol. The highest BCUT2D eigenvalue weighted by Crippen LogP contribution is 2.16. The van der Waals surface area contributed by atoms with Crippen molar-refractivity contribution < 1.29 is 23.5 Å². The van der Waals surface area contributed by atoms with E-state index in [1.165, 1.54) is 47.0 Å². The van der Waals surface area contributed by atoms with E-state index in [9.17, 15) is 23.6 Å². The summed E-state index contributed by atoms with van der Waals surface area (Å²) >= 11 is 0. The van der Waals surface area contributed by atoms with Crippen LogP contribution < -0.4 is 10.9 Å². The first-order valence-corrected chi connectivity index (χ1v) is 8.97. The van der Waals surface area contributed by atoms with Crippen LogP contribution in [0.25, 0.3) is 5.69 Å². The second kappa shape index (κ2) is 8.26. The number of nitrogens with zero attached hydrogens (tertiary/aromatic N) is 2. The molecule has 1 saturated heterocycles. The third kappa shape index (κ3) is 4.03. The highest BCUT2D eigenvalue weighted by Gasteiger charge is 2.37. The minimum atomic E-state index is -1.07. The Morgan fingerprint density at radius 1 is 1.21 bits per heavy atom. The number of carbonyl (C=O) groups is 3. The molecule has 3 rings (SSSR count). The molecule has 9 heteroatoms. The van der Waals surface area contributed by atoms with Gasteiger partial charge in [0.2, 0.25) is 5.91 Å². The lowest BCUT2D eigenvalue weighted by Crippen LogP contribution is -2.58. The van der Waals surface area contributed by atoms with Gasteiger partial charge < -0.3 is 15.0 Å². The number of esters is 1. The zero-order chi connectivity index (χ0) is 21.1. The third-order valence-electron chi connectivity index (χ3n) is 4.80. The van der Waals surface area contributed by atoms with Gasteiger partial charge in [0.1, 0.15) is 17.4 Å². The number of benzene rings is 1. The molecule has 2 heterocycles. The number of nitrogens with one attached hydrogen (secondary N) is 1. The SMILES string of the molecule is COC(=O)CC1C(=O)NCCN1C(=O)c1c(C)ccn(-c2ccc(F)cc2)c1=O. The number of carbonyl (C=O) groups excluding carboxylic acids is 3. The second-order valence-electron chi connectivity index (χ2n) is 6.61. The largest absolute Gasteiger partial charge is 0.469 e. The summed E-state index contributed by atoms with van der Waals surface area (Å²) in [7, 11) is 1.19. The van der Waals surface area contributed by atoms with Crippen LogP contribution in [0.3, 0.4) is 0 Å². The van der Waals surface area contributed by atoms with E-state index in [0.29, 0.717) is 11.3 Å². The van der Waals surface area contributed by atoms with Gasteiger partial charge in [0.15, 0.2) is 0 Å². The number of amides is 2. The number of hydrogen-bond donors (Lipinski definition) is 1. The molecule has 0 bridgehead atoms. The van der Waals surface area contributed by atoms with E-state index in [-0.39, 0.29) is 25.1 Å². The van der Waals surface area contributed by atoms with Gasteiger partial charge in [-0.1, -0.05) is 0 Å². The average Bonchev–Trinajstić information content (AvgIpc) is 2.70. The normalized spacial score (nSPS) is 16.3. The van der Waals surface area contributed by atoms with Gasteiger partial charge in [-0.05, 0) is 42.8 Å². The molecule has 0 saturated carbocycles. The summed E-state index contributed by atoms with van der Waals surface area (Å²) in [6.45, 7) is 1.97. The van der Waals surface area contributed by atoms with Gasteiger partial charge in [-0.3, -0.25) is 23.7 Å². The summed E-state index contributed by atoms with van der Waals surface area (Å²) in [4.78, 5) is 51.4. The molecule has 0 radical (unpaired) electrons. The highest BCUT2D eigenvalue weighted by molar-refractivity contribution is 6.00. The lowest BCUT2D eigenvalue weighted by atomic mass is 10.0. The molecule has 1 fully saturated rings. The van der Waals surface area contributed by atoms with Crippen molar-refractivity contribution in [3.8, 4) is 5.69 Å². The Bertz CT molecular complexity index is 1020. The van der Waals surface area contributed by atoms with Crippen LogP contribution in [0.5, 0.6) is 0 Å². The third-order valence-corrected chi connectivity index (χ3v) is 4.80. The molecule has 29 heavy (non-hydrogen) atoms. The van der Waals surface area contributed by atoms with E-state index in [4.69, 9.17) is 0 Å². The summed E-state index contributed by atoms with van der Waals surface area (Å²) in [5, 5.41) is 2.61. The quantitative estimate of drug-likeness (QED) is 0.764. The first-order chi connectivity index (χ1) is 13.8. The minimum Gasteiger partial charge on any atom is -0.469 e. The number of piperazine rings is 1. The fraction of sp³-hybridized carbons (Fsp3) is 0.300. The van der Waals surface area contributed by atoms with Crippen molar-refractivity contribution in [2.24, 2.45) is 0 Å². The Morgan fingerprint density at radius 2 is 1.90 bits per heavy atom. The number of methoxy groups -OCH3 is 1. The molecule has 1 N–H and O–H groups in total. The predicted octanol–water partition coefficient (Wildman–Crippen LogP) is 0.789. The van der Waals surface area contributed by atoms with E-state index < -0.39 is 35.2 Å². The van der Waals surface area contributed by atoms with Crippen molar-refractivity contribution in [3.05, 3.63) is 63.8 Å². The van der Waals surface area contributed by atoms with Crippen molar-refractivity contribution in [3.63, 3.8) is 0 Å². The highest BCUT2D eigenvalue weighted by atomic mass is 19.1. The molecular formula is C20H20FN3O5. The number of hydrogen-bond acceptors (Lipinski definition) is 5. The van der Waals surface area contributed by atoms with Gasteiger partial charge in [0.05, 0.1) is 13.5 Å². The smallest absolute Gasteiger partial charge is 0.308 e. The van der Waals surface area contributed by atoms with Crippen molar-refractivity contribution in [1.29, 1.82) is 0 Å². The minimum absolute atomic E-state index is 0.110. The van der Waals surface area contributed by atoms with Gasteiger partial charge in [-0.25, -0.2) is 4.39 Å². The summed E-state index contributed by atoms with van der Waals surface area (Å²) in [6.07, 6.45) is 1.18. The first-order valence-electron chi connectivity index (χ1n) is 8.97. The zero-order valence-corrected chi connectivity index (χ0v) is 16.0. The Morgan fingerprint density at radius 3 is 2.55 bits per heavy atom. The number of pyridine rings is 1. The average molecular weight is 401 g/mol. The molecule has 8 nitrogen and oxygen atoms in total. The molecule has 0 spiro atoms. The molecule has 1 aliphatic heterocycles. The topological polar surface area (TPSA) is 97.7 Å². The van der Waals surface area contributed by atoms with E-state index in [2.05, 4.69) is 10.1 Å². The Hall–Kier alpha value is -3.49. The molecule has 1 aliphatic rings. The molecule has 0 aliphatic carbocycles. The monoisotopic (exact) mass is 401 g/mol. The Labute approximate surface area is 165 Å². The van der Waals surface area contributed by atoms with Crippen LogP contribution in [0.4, 0.5) is 4.39 Å². The van der Waals surface area contributed by atoms with E-state index in [0.717, 1.165) is 0 Å². The van der Waals surface area contributed by atoms with Crippen LogP contribution in [-0.2, 0) is 14.3 Å². The summed E-state index contributed by atoms with van der Waals surface area (Å²) in [5.74, 6) is -2.22. The van der Waals surface area contributed by atoms with Gasteiger partial charge in [0, 0.05) is 25.0 Å². The number of rotatable bonds is 4. The van der Waals surface area contributed by atoms with Gasteiger partial charge in [-0.2, -0.15) is 0 Å². The van der Waals surface area contributed by atoms with Crippen LogP contribution in [0.15, 0.2) is 41.3 Å². The first kappa shape index (κ1) is 20.2. The lowest BCUT2D eigenvalue weighted by molar-refractivity contribution is -0.145. The van der Waals surface area contributed by atoms with Crippen molar-refractivity contribution >= 4 is 17.8 Å². The van der Waals surface area contributed by atoms with Crippen LogP contribution >= 0.6 is 0 Å². The van der Waals surface area contributed by atoms with Crippen LogP contribution in [0.2, 0.25) is 0 Å². The van der Waals surface area contributed by atoms with Crippen LogP contribution in [0, 0.1) is 12.7 Å². The van der Waals surface area contributed by atoms with Gasteiger partial charge >= 0.3 is 5.97 Å². The summed E-state index contributed by atoms with van der Waals surface area (Å²) in [5.41, 5.74) is 0.125. The molecule has 2 aromatic rings. The predicted molar refractivity (Wildman–Crippen MR) is 101 cm³/mol.